The molecule has 0 spiro atoms. The van der Waals surface area contributed by atoms with Crippen molar-refractivity contribution in [1.29, 1.82) is 0 Å². The van der Waals surface area contributed by atoms with Crippen LogP contribution in [-0.2, 0) is 0 Å². The minimum atomic E-state index is 0.592. The summed E-state index contributed by atoms with van der Waals surface area (Å²) in [5.41, 5.74) is 6.33. The number of nitrogens with two attached hydrogens (primary N) is 1. The first-order valence-corrected chi connectivity index (χ1v) is 4.47. The van der Waals surface area contributed by atoms with Crippen molar-refractivity contribution < 1.29 is 9.47 Å². The Labute approximate surface area is 84.0 Å². The molecule has 78 valence electrons. The van der Waals surface area contributed by atoms with Crippen molar-refractivity contribution in [3.05, 3.63) is 18.2 Å². The number of nitrogens with one attached hydrogen (secondary N) is 1. The SMILES string of the molecule is COc1ccc(NCCN)c(OC)c1. The van der Waals surface area contributed by atoms with Gasteiger partial charge < -0.3 is 20.5 Å². The van der Waals surface area contributed by atoms with Crippen LogP contribution in [0.5, 0.6) is 11.5 Å². The Hall–Kier alpha value is -1.42. The van der Waals surface area contributed by atoms with E-state index in [1.54, 1.807) is 14.2 Å². The fourth-order valence-electron chi connectivity index (χ4n) is 1.15. The summed E-state index contributed by atoms with van der Waals surface area (Å²) in [5.74, 6) is 1.54. The van der Waals surface area contributed by atoms with Crippen LogP contribution in [0.1, 0.15) is 0 Å². The van der Waals surface area contributed by atoms with Gasteiger partial charge in [0, 0.05) is 19.2 Å². The number of methoxy groups -OCH3 is 2. The van der Waals surface area contributed by atoms with Crippen LogP contribution >= 0.6 is 0 Å². The molecule has 0 atom stereocenters. The Kier molecular flexibility index (Phi) is 4.07. The summed E-state index contributed by atoms with van der Waals surface area (Å²) in [5, 5.41) is 3.16. The van der Waals surface area contributed by atoms with Gasteiger partial charge in [0.2, 0.25) is 0 Å². The molecule has 14 heavy (non-hydrogen) atoms. The number of ether oxygens (including phenoxy) is 2. The standard InChI is InChI=1S/C10H16N2O2/c1-13-8-3-4-9(12-6-5-11)10(7-8)14-2/h3-4,7,12H,5-6,11H2,1-2H3. The first kappa shape index (κ1) is 10.7. The van der Waals surface area contributed by atoms with Crippen LogP contribution in [0.2, 0.25) is 0 Å². The van der Waals surface area contributed by atoms with Gasteiger partial charge in [0.05, 0.1) is 19.9 Å². The van der Waals surface area contributed by atoms with E-state index in [1.807, 2.05) is 18.2 Å². The number of rotatable bonds is 5. The Morgan fingerprint density at radius 2 is 2.07 bits per heavy atom. The molecule has 0 unspecified atom stereocenters. The van der Waals surface area contributed by atoms with Gasteiger partial charge in [-0.05, 0) is 12.1 Å². The summed E-state index contributed by atoms with van der Waals surface area (Å²) < 4.78 is 10.3. The lowest BCUT2D eigenvalue weighted by Gasteiger charge is -2.11. The summed E-state index contributed by atoms with van der Waals surface area (Å²) in [6.07, 6.45) is 0. The van der Waals surface area contributed by atoms with Gasteiger partial charge in [-0.25, -0.2) is 0 Å². The predicted octanol–water partition coefficient (Wildman–Crippen LogP) is 1.07. The van der Waals surface area contributed by atoms with E-state index in [-0.39, 0.29) is 0 Å². The van der Waals surface area contributed by atoms with Crippen molar-refractivity contribution >= 4 is 5.69 Å². The van der Waals surface area contributed by atoms with Gasteiger partial charge in [-0.3, -0.25) is 0 Å². The zero-order valence-electron chi connectivity index (χ0n) is 8.54. The van der Waals surface area contributed by atoms with E-state index in [9.17, 15) is 0 Å². The maximum absolute atomic E-state index is 5.40. The maximum Gasteiger partial charge on any atom is 0.145 e. The normalized spacial score (nSPS) is 9.64. The van der Waals surface area contributed by atoms with Crippen LogP contribution in [0.15, 0.2) is 18.2 Å². The van der Waals surface area contributed by atoms with E-state index in [0.717, 1.165) is 23.7 Å². The van der Waals surface area contributed by atoms with Gasteiger partial charge in [0.25, 0.3) is 0 Å². The molecule has 1 rings (SSSR count). The van der Waals surface area contributed by atoms with Crippen molar-refractivity contribution in [3.8, 4) is 11.5 Å². The topological polar surface area (TPSA) is 56.5 Å². The lowest BCUT2D eigenvalue weighted by molar-refractivity contribution is 0.395. The number of hydrogen-bond acceptors (Lipinski definition) is 4. The molecule has 0 saturated heterocycles. The van der Waals surface area contributed by atoms with Crippen LogP contribution in [0.25, 0.3) is 0 Å². The monoisotopic (exact) mass is 196 g/mol. The smallest absolute Gasteiger partial charge is 0.145 e. The molecule has 4 nitrogen and oxygen atoms in total. The minimum Gasteiger partial charge on any atom is -0.497 e. The molecular formula is C10H16N2O2. The molecular weight excluding hydrogens is 180 g/mol. The third kappa shape index (κ3) is 2.53. The lowest BCUT2D eigenvalue weighted by atomic mass is 10.2. The fraction of sp³-hybridized carbons (Fsp3) is 0.400. The van der Waals surface area contributed by atoms with Gasteiger partial charge in [-0.1, -0.05) is 0 Å². The zero-order chi connectivity index (χ0) is 10.4. The molecule has 4 heteroatoms. The Morgan fingerprint density at radius 3 is 2.64 bits per heavy atom. The molecule has 0 aromatic heterocycles. The van der Waals surface area contributed by atoms with Crippen molar-refractivity contribution in [2.45, 2.75) is 0 Å². The first-order valence-electron chi connectivity index (χ1n) is 4.47. The quantitative estimate of drug-likeness (QED) is 0.739. The van der Waals surface area contributed by atoms with Crippen LogP contribution in [0.3, 0.4) is 0 Å². The van der Waals surface area contributed by atoms with Gasteiger partial charge in [-0.2, -0.15) is 0 Å². The highest BCUT2D eigenvalue weighted by Crippen LogP contribution is 2.28. The number of hydrogen-bond donors (Lipinski definition) is 2. The maximum atomic E-state index is 5.40. The van der Waals surface area contributed by atoms with Gasteiger partial charge in [-0.15, -0.1) is 0 Å². The molecule has 0 aliphatic heterocycles. The molecule has 1 aromatic carbocycles. The summed E-state index contributed by atoms with van der Waals surface area (Å²) in [6, 6.07) is 5.62. The largest absolute Gasteiger partial charge is 0.497 e. The highest BCUT2D eigenvalue weighted by Gasteiger charge is 2.03. The third-order valence-electron chi connectivity index (χ3n) is 1.87. The highest BCUT2D eigenvalue weighted by atomic mass is 16.5. The average molecular weight is 196 g/mol. The molecule has 0 heterocycles. The molecule has 0 bridgehead atoms. The molecule has 0 aliphatic carbocycles. The molecule has 0 saturated carbocycles. The Balaban J connectivity index is 2.82. The summed E-state index contributed by atoms with van der Waals surface area (Å²) in [6.45, 7) is 1.32. The van der Waals surface area contributed by atoms with Crippen molar-refractivity contribution in [3.63, 3.8) is 0 Å². The van der Waals surface area contributed by atoms with Gasteiger partial charge >= 0.3 is 0 Å². The Bertz CT molecular complexity index is 289. The zero-order valence-corrected chi connectivity index (χ0v) is 8.54. The minimum absolute atomic E-state index is 0.592. The molecule has 1 aromatic rings. The van der Waals surface area contributed by atoms with E-state index in [1.165, 1.54) is 0 Å². The second kappa shape index (κ2) is 5.34. The Morgan fingerprint density at radius 1 is 1.29 bits per heavy atom. The third-order valence-corrected chi connectivity index (χ3v) is 1.87. The number of anilines is 1. The predicted molar refractivity (Wildman–Crippen MR) is 57.1 cm³/mol. The summed E-state index contributed by atoms with van der Waals surface area (Å²) in [7, 11) is 3.25. The van der Waals surface area contributed by atoms with Crippen molar-refractivity contribution in [1.82, 2.24) is 0 Å². The van der Waals surface area contributed by atoms with E-state index in [4.69, 9.17) is 15.2 Å². The second-order valence-corrected chi connectivity index (χ2v) is 2.78. The second-order valence-electron chi connectivity index (χ2n) is 2.78. The van der Waals surface area contributed by atoms with E-state index < -0.39 is 0 Å². The summed E-state index contributed by atoms with van der Waals surface area (Å²) >= 11 is 0. The molecule has 3 N–H and O–H groups in total. The van der Waals surface area contributed by atoms with Crippen molar-refractivity contribution in [2.75, 3.05) is 32.6 Å². The van der Waals surface area contributed by atoms with E-state index >= 15 is 0 Å². The van der Waals surface area contributed by atoms with Crippen LogP contribution in [-0.4, -0.2) is 27.3 Å². The first-order chi connectivity index (χ1) is 6.81. The molecule has 0 amide bonds. The molecule has 0 aliphatic rings. The number of benzene rings is 1. The average Bonchev–Trinajstić information content (AvgIpc) is 2.26. The highest BCUT2D eigenvalue weighted by molar-refractivity contribution is 5.59. The van der Waals surface area contributed by atoms with Crippen molar-refractivity contribution in [2.24, 2.45) is 5.73 Å². The summed E-state index contributed by atoms with van der Waals surface area (Å²) in [4.78, 5) is 0. The van der Waals surface area contributed by atoms with Crippen LogP contribution < -0.4 is 20.5 Å². The molecule has 0 radical (unpaired) electrons. The fourth-order valence-corrected chi connectivity index (χ4v) is 1.15. The van der Waals surface area contributed by atoms with E-state index in [0.29, 0.717) is 6.54 Å². The van der Waals surface area contributed by atoms with Gasteiger partial charge in [0.1, 0.15) is 11.5 Å². The van der Waals surface area contributed by atoms with E-state index in [2.05, 4.69) is 5.32 Å². The van der Waals surface area contributed by atoms with Crippen LogP contribution in [0.4, 0.5) is 5.69 Å². The van der Waals surface area contributed by atoms with Gasteiger partial charge in [0.15, 0.2) is 0 Å². The van der Waals surface area contributed by atoms with Crippen LogP contribution in [0, 0.1) is 0 Å². The molecule has 0 fully saturated rings. The lowest BCUT2D eigenvalue weighted by Crippen LogP contribution is -2.13.